The topological polar surface area (TPSA) is 17.1 Å². The summed E-state index contributed by atoms with van der Waals surface area (Å²) in [5.74, 6) is -0.412. The fourth-order valence-corrected chi connectivity index (χ4v) is 4.01. The molecule has 0 aliphatic heterocycles. The Balaban J connectivity index is 1.91. The smallest absolute Gasteiger partial charge is 0.294 e. The first-order chi connectivity index (χ1) is 12.2. The minimum atomic E-state index is -4.66. The number of hydrogen-bond acceptors (Lipinski definition) is 1. The van der Waals surface area contributed by atoms with Crippen molar-refractivity contribution in [1.29, 1.82) is 0 Å². The summed E-state index contributed by atoms with van der Waals surface area (Å²) in [5, 5.41) is 0. The number of hydrogen-bond donors (Lipinski definition) is 0. The van der Waals surface area contributed by atoms with Crippen LogP contribution in [-0.2, 0) is 6.18 Å². The van der Waals surface area contributed by atoms with E-state index in [9.17, 15) is 22.4 Å². The van der Waals surface area contributed by atoms with Gasteiger partial charge in [0, 0.05) is 11.5 Å². The van der Waals surface area contributed by atoms with Crippen molar-refractivity contribution in [2.75, 3.05) is 0 Å². The number of carbonyl (C=O) groups is 1. The van der Waals surface area contributed by atoms with E-state index >= 15 is 0 Å². The average Bonchev–Trinajstić information content (AvgIpc) is 2.59. The van der Waals surface area contributed by atoms with Gasteiger partial charge in [-0.15, -0.1) is 0 Å². The van der Waals surface area contributed by atoms with E-state index in [1.54, 1.807) is 6.92 Å². The van der Waals surface area contributed by atoms with Crippen LogP contribution in [0, 0.1) is 23.6 Å². The number of carbonyl (C=O) groups excluding carboxylic acids is 1. The lowest BCUT2D eigenvalue weighted by Gasteiger charge is -2.28. The van der Waals surface area contributed by atoms with Gasteiger partial charge in [0.1, 0.15) is 5.82 Å². The standard InChI is InChI=1S/C21H28F4O/c1-3-4-15-7-9-16(10-8-15)6-5-14(2)20(26)17-11-18(21(23,24)25)13-19(22)12-17/h11-16H,3-10H2,1-2H3. The molecule has 1 nitrogen and oxygen atoms in total. The maximum absolute atomic E-state index is 13.5. The molecule has 0 spiro atoms. The molecule has 0 amide bonds. The molecule has 1 aromatic carbocycles. The van der Waals surface area contributed by atoms with E-state index in [4.69, 9.17) is 0 Å². The summed E-state index contributed by atoms with van der Waals surface area (Å²) in [6, 6.07) is 2.10. The van der Waals surface area contributed by atoms with Crippen LogP contribution in [-0.4, -0.2) is 5.78 Å². The Labute approximate surface area is 153 Å². The van der Waals surface area contributed by atoms with Gasteiger partial charge in [0.15, 0.2) is 5.78 Å². The van der Waals surface area contributed by atoms with Crippen molar-refractivity contribution in [2.45, 2.75) is 71.4 Å². The molecule has 1 aliphatic rings. The Morgan fingerprint density at radius 3 is 2.19 bits per heavy atom. The van der Waals surface area contributed by atoms with Crippen LogP contribution in [0.3, 0.4) is 0 Å². The lowest BCUT2D eigenvalue weighted by atomic mass is 9.77. The fraction of sp³-hybridized carbons (Fsp3) is 0.667. The highest BCUT2D eigenvalue weighted by Gasteiger charge is 2.32. The molecule has 1 aliphatic carbocycles. The SMILES string of the molecule is CCCC1CCC(CCC(C)C(=O)c2cc(F)cc(C(F)(F)F)c2)CC1. The van der Waals surface area contributed by atoms with Gasteiger partial charge >= 0.3 is 6.18 Å². The lowest BCUT2D eigenvalue weighted by molar-refractivity contribution is -0.137. The van der Waals surface area contributed by atoms with Crippen molar-refractivity contribution in [1.82, 2.24) is 0 Å². The molecule has 1 atom stereocenters. The van der Waals surface area contributed by atoms with Crippen molar-refractivity contribution in [3.63, 3.8) is 0 Å². The van der Waals surface area contributed by atoms with Crippen LogP contribution in [0.4, 0.5) is 17.6 Å². The molecular formula is C21H28F4O. The van der Waals surface area contributed by atoms with Gasteiger partial charge in [-0.2, -0.15) is 13.2 Å². The maximum Gasteiger partial charge on any atom is 0.416 e. The molecule has 0 bridgehead atoms. The molecular weight excluding hydrogens is 344 g/mol. The summed E-state index contributed by atoms with van der Waals surface area (Å²) >= 11 is 0. The number of benzene rings is 1. The number of Topliss-reactive ketones (excluding diaryl/α,β-unsaturated/α-hetero) is 1. The van der Waals surface area contributed by atoms with Gasteiger partial charge in [-0.25, -0.2) is 4.39 Å². The van der Waals surface area contributed by atoms with E-state index in [0.717, 1.165) is 24.5 Å². The summed E-state index contributed by atoms with van der Waals surface area (Å²) < 4.78 is 51.9. The zero-order chi connectivity index (χ0) is 19.3. The number of ketones is 1. The molecule has 0 heterocycles. The zero-order valence-electron chi connectivity index (χ0n) is 15.5. The summed E-state index contributed by atoms with van der Waals surface area (Å²) in [5.41, 5.74) is -1.29. The minimum Gasteiger partial charge on any atom is -0.294 e. The highest BCUT2D eigenvalue weighted by Crippen LogP contribution is 2.35. The Bertz CT molecular complexity index is 601. The van der Waals surface area contributed by atoms with Crippen LogP contribution in [0.5, 0.6) is 0 Å². The van der Waals surface area contributed by atoms with E-state index in [1.807, 2.05) is 0 Å². The monoisotopic (exact) mass is 372 g/mol. The van der Waals surface area contributed by atoms with Crippen molar-refractivity contribution in [2.24, 2.45) is 17.8 Å². The van der Waals surface area contributed by atoms with Gasteiger partial charge in [-0.3, -0.25) is 4.79 Å². The van der Waals surface area contributed by atoms with Crippen LogP contribution in [0.25, 0.3) is 0 Å². The van der Waals surface area contributed by atoms with Crippen LogP contribution in [0.2, 0.25) is 0 Å². The summed E-state index contributed by atoms with van der Waals surface area (Å²) in [6.07, 6.45) is 4.20. The number of rotatable bonds is 7. The van der Waals surface area contributed by atoms with Gasteiger partial charge < -0.3 is 0 Å². The van der Waals surface area contributed by atoms with Gasteiger partial charge in [0.25, 0.3) is 0 Å². The van der Waals surface area contributed by atoms with Crippen molar-refractivity contribution >= 4 is 5.78 Å². The van der Waals surface area contributed by atoms with Crippen molar-refractivity contribution < 1.29 is 22.4 Å². The second-order valence-corrected chi connectivity index (χ2v) is 7.74. The molecule has 1 fully saturated rings. The Hall–Kier alpha value is -1.39. The van der Waals surface area contributed by atoms with E-state index in [-0.39, 0.29) is 5.56 Å². The zero-order valence-corrected chi connectivity index (χ0v) is 15.5. The predicted molar refractivity (Wildman–Crippen MR) is 94.5 cm³/mol. The molecule has 0 saturated heterocycles. The first-order valence-corrected chi connectivity index (χ1v) is 9.62. The van der Waals surface area contributed by atoms with Gasteiger partial charge in [0.05, 0.1) is 5.56 Å². The summed E-state index contributed by atoms with van der Waals surface area (Å²) in [7, 11) is 0. The van der Waals surface area contributed by atoms with Gasteiger partial charge in [-0.1, -0.05) is 52.4 Å². The van der Waals surface area contributed by atoms with E-state index in [2.05, 4.69) is 6.92 Å². The molecule has 5 heteroatoms. The molecule has 146 valence electrons. The third-order valence-corrected chi connectivity index (χ3v) is 5.63. The largest absolute Gasteiger partial charge is 0.416 e. The predicted octanol–water partition coefficient (Wildman–Crippen LogP) is 7.05. The normalized spacial score (nSPS) is 22.2. The first-order valence-electron chi connectivity index (χ1n) is 9.62. The molecule has 0 aromatic heterocycles. The highest BCUT2D eigenvalue weighted by atomic mass is 19.4. The number of alkyl halides is 3. The van der Waals surface area contributed by atoms with Crippen LogP contribution >= 0.6 is 0 Å². The highest BCUT2D eigenvalue weighted by molar-refractivity contribution is 5.97. The third kappa shape index (κ3) is 5.82. The van der Waals surface area contributed by atoms with Crippen LogP contribution in [0.15, 0.2) is 18.2 Å². The summed E-state index contributed by atoms with van der Waals surface area (Å²) in [6.45, 7) is 3.93. The Morgan fingerprint density at radius 2 is 1.65 bits per heavy atom. The second-order valence-electron chi connectivity index (χ2n) is 7.74. The van der Waals surface area contributed by atoms with Crippen LogP contribution in [0.1, 0.15) is 81.1 Å². The average molecular weight is 372 g/mol. The van der Waals surface area contributed by atoms with E-state index in [1.165, 1.54) is 38.5 Å². The maximum atomic E-state index is 13.5. The Kier molecular flexibility index (Phi) is 7.24. The molecule has 0 N–H and O–H groups in total. The van der Waals surface area contributed by atoms with Crippen molar-refractivity contribution in [3.8, 4) is 0 Å². The van der Waals surface area contributed by atoms with E-state index in [0.29, 0.717) is 18.4 Å². The number of halogens is 4. The van der Waals surface area contributed by atoms with Crippen LogP contribution < -0.4 is 0 Å². The van der Waals surface area contributed by atoms with Crippen molar-refractivity contribution in [3.05, 3.63) is 35.1 Å². The molecule has 1 saturated carbocycles. The lowest BCUT2D eigenvalue weighted by Crippen LogP contribution is -2.18. The molecule has 1 aromatic rings. The van der Waals surface area contributed by atoms with E-state index < -0.39 is 29.3 Å². The quantitative estimate of drug-likeness (QED) is 0.370. The fourth-order valence-electron chi connectivity index (χ4n) is 4.01. The third-order valence-electron chi connectivity index (χ3n) is 5.63. The molecule has 2 rings (SSSR count). The summed E-state index contributed by atoms with van der Waals surface area (Å²) in [4.78, 5) is 12.5. The van der Waals surface area contributed by atoms with Gasteiger partial charge in [0.2, 0.25) is 0 Å². The second kappa shape index (κ2) is 9.01. The molecule has 1 unspecified atom stereocenters. The Morgan fingerprint density at radius 1 is 1.08 bits per heavy atom. The minimum absolute atomic E-state index is 0.184. The molecule has 0 radical (unpaired) electrons. The molecule has 26 heavy (non-hydrogen) atoms. The van der Waals surface area contributed by atoms with Gasteiger partial charge in [-0.05, 0) is 42.9 Å². The first kappa shape index (κ1) is 20.9.